The van der Waals surface area contributed by atoms with Gasteiger partial charge in [0.1, 0.15) is 22.3 Å². The van der Waals surface area contributed by atoms with Gasteiger partial charge in [0.05, 0.1) is 16.6 Å². The van der Waals surface area contributed by atoms with Crippen LogP contribution in [-0.2, 0) is 28.2 Å². The minimum atomic E-state index is 0.966. The van der Waals surface area contributed by atoms with Gasteiger partial charge in [-0.3, -0.25) is 0 Å². The molecule has 0 spiro atoms. The molecule has 0 saturated carbocycles. The molecule has 6 aromatic heterocycles. The molecule has 0 amide bonds. The Morgan fingerprint density at radius 1 is 0.188 bits per heavy atom. The number of rotatable bonds is 0. The molecule has 0 aliphatic heterocycles. The van der Waals surface area contributed by atoms with Crippen LogP contribution in [0.4, 0.5) is 0 Å². The first kappa shape index (κ1) is 67.2. The lowest BCUT2D eigenvalue weighted by atomic mass is 10.00. The maximum atomic E-state index is 5.78. The highest BCUT2D eigenvalue weighted by Gasteiger charge is 2.18. The van der Waals surface area contributed by atoms with Crippen LogP contribution in [0.2, 0.25) is 0 Å². The van der Waals surface area contributed by atoms with E-state index in [1.807, 2.05) is 42.5 Å². The summed E-state index contributed by atoms with van der Waals surface area (Å²) in [5.74, 6) is 0. The van der Waals surface area contributed by atoms with E-state index in [4.69, 9.17) is 8.83 Å². The molecular weight excluding hydrogens is 1360 g/mol. The van der Waals surface area contributed by atoms with Crippen LogP contribution in [0.25, 0.3) is 207 Å². The van der Waals surface area contributed by atoms with Gasteiger partial charge in [-0.25, -0.2) is 0 Å². The zero-order chi connectivity index (χ0) is 75.2. The van der Waals surface area contributed by atoms with E-state index in [2.05, 4.69) is 382 Å². The summed E-state index contributed by atoms with van der Waals surface area (Å²) in [4.78, 5) is 0. The molecule has 0 aliphatic rings. The van der Waals surface area contributed by atoms with Crippen molar-refractivity contribution in [2.24, 2.45) is 28.2 Å². The summed E-state index contributed by atoms with van der Waals surface area (Å²) in [6.07, 6.45) is 0. The largest absolute Gasteiger partial charge is 0.456 e. The minimum absolute atomic E-state index is 0.966. The summed E-state index contributed by atoms with van der Waals surface area (Å²) in [7, 11) is 8.66. The molecule has 0 saturated heterocycles. The third kappa shape index (κ3) is 11.2. The van der Waals surface area contributed by atoms with Crippen LogP contribution in [0.3, 0.4) is 0 Å². The molecule has 19 aromatic carbocycles. The number of nitrogens with zero attached hydrogens (tertiary/aromatic N) is 4. The Kier molecular flexibility index (Phi) is 16.5. The zero-order valence-corrected chi connectivity index (χ0v) is 63.2. The number of hydrogen-bond acceptors (Lipinski definition) is 2. The molecule has 25 rings (SSSR count). The quantitative estimate of drug-likeness (QED) is 0.152. The van der Waals surface area contributed by atoms with E-state index >= 15 is 0 Å². The lowest BCUT2D eigenvalue weighted by Crippen LogP contribution is -1.88. The highest BCUT2D eigenvalue weighted by molar-refractivity contribution is 6.29. The number of benzene rings is 19. The summed E-state index contributed by atoms with van der Waals surface area (Å²) in [5.41, 5.74) is 16.8. The van der Waals surface area contributed by atoms with Crippen LogP contribution in [0, 0.1) is 13.8 Å². The molecule has 0 N–H and O–H groups in total. The second kappa shape index (κ2) is 27.5. The number of aryl methyl sites for hydroxylation is 6. The van der Waals surface area contributed by atoms with Gasteiger partial charge in [-0.15, -0.1) is 0 Å². The smallest absolute Gasteiger partial charge is 0.138 e. The summed E-state index contributed by atoms with van der Waals surface area (Å²) in [6, 6.07) is 129. The topological polar surface area (TPSA) is 46.0 Å². The maximum Gasteiger partial charge on any atom is 0.138 e. The molecule has 0 bridgehead atoms. The monoisotopic (exact) mass is 1440 g/mol. The predicted octanol–water partition coefficient (Wildman–Crippen LogP) is 29.2. The first-order valence-corrected chi connectivity index (χ1v) is 38.5. The van der Waals surface area contributed by atoms with Gasteiger partial charge in [-0.05, 0) is 133 Å². The van der Waals surface area contributed by atoms with Crippen molar-refractivity contribution >= 4 is 207 Å². The highest BCUT2D eigenvalue weighted by atomic mass is 16.3. The predicted molar refractivity (Wildman–Crippen MR) is 481 cm³/mol. The molecule has 0 radical (unpaired) electrons. The van der Waals surface area contributed by atoms with Crippen LogP contribution < -0.4 is 0 Å². The fraction of sp³-hybridized carbons (Fsp3) is 0.0566. The van der Waals surface area contributed by atoms with Gasteiger partial charge in [0.15, 0.2) is 0 Å². The maximum absolute atomic E-state index is 5.78. The molecule has 6 heteroatoms. The Labute approximate surface area is 646 Å². The van der Waals surface area contributed by atoms with E-state index in [1.165, 1.54) is 195 Å². The Morgan fingerprint density at radius 3 is 1.00 bits per heavy atom. The second-order valence-corrected chi connectivity index (χ2v) is 29.7. The van der Waals surface area contributed by atoms with Crippen molar-refractivity contribution in [3.8, 4) is 0 Å². The third-order valence-corrected chi connectivity index (χ3v) is 23.3. The van der Waals surface area contributed by atoms with E-state index in [9.17, 15) is 0 Å². The summed E-state index contributed by atoms with van der Waals surface area (Å²) < 4.78 is 20.8. The molecule has 0 unspecified atom stereocenters. The molecular formula is C106H78N4O2. The van der Waals surface area contributed by atoms with Gasteiger partial charge in [-0.2, -0.15) is 0 Å². The fourth-order valence-electron chi connectivity index (χ4n) is 17.9. The van der Waals surface area contributed by atoms with Crippen molar-refractivity contribution in [1.82, 2.24) is 18.3 Å². The fourth-order valence-corrected chi connectivity index (χ4v) is 17.9. The Morgan fingerprint density at radius 2 is 0.509 bits per heavy atom. The first-order chi connectivity index (χ1) is 55.1. The molecule has 6 nitrogen and oxygen atoms in total. The van der Waals surface area contributed by atoms with Crippen molar-refractivity contribution in [2.75, 3.05) is 0 Å². The number of hydrogen-bond donors (Lipinski definition) is 0. The lowest BCUT2D eigenvalue weighted by Gasteiger charge is -2.04. The number of fused-ring (bicyclic) bond motifs is 32. The van der Waals surface area contributed by atoms with Crippen LogP contribution in [0.15, 0.2) is 373 Å². The second-order valence-electron chi connectivity index (χ2n) is 29.7. The lowest BCUT2D eigenvalue weighted by molar-refractivity contribution is 0.666. The molecule has 0 atom stereocenters. The van der Waals surface area contributed by atoms with Crippen LogP contribution in [0.5, 0.6) is 0 Å². The molecule has 112 heavy (non-hydrogen) atoms. The van der Waals surface area contributed by atoms with E-state index in [0.717, 1.165) is 22.3 Å². The van der Waals surface area contributed by atoms with Crippen molar-refractivity contribution in [2.45, 2.75) is 13.8 Å². The Hall–Kier alpha value is -14.2. The zero-order valence-electron chi connectivity index (χ0n) is 63.2. The standard InChI is InChI=1S/3C21H15N.C17H13N.2C13H10O/c1-22-19-13-11-14-6-2-4-8-16(14)20(19)18-12-10-15-7-3-5-9-17(15)21(18)22;1-22-18-12-10-14-6-2-4-8-16(14)20(18)21-17-9-5-3-7-15(17)11-13-19(21)22;1-22-20-16-8-4-2-6-14(16)10-12-18(20)19-13-11-15-7-3-5-9-17(15)21(19)22;1-18-15-9-5-4-8-14(15)17-13-7-3-2-6-12(13)10-11-16(17)18;1-9-5-4-7-11-10-6-2-3-8-12(10)14-13(9)11;1-9-6-7-13-11(8-9)10-4-2-3-5-12(10)14-13/h3*2-13H,1H3;2-11H,1H3;2*2-8H,1H3. The van der Waals surface area contributed by atoms with E-state index in [-0.39, 0.29) is 0 Å². The SMILES string of the molecule is Cc1ccc2oc3ccccc3c2c1.Cc1cccc2c1oc1ccccc12.Cn1c2c3ccccc3ccc2c2ccc3ccccc3c21.Cn1c2ccc3ccccc3c2c2c3ccccc3ccc21.Cn1c2ccc3ccccc3c2c2ccc3ccccc3c21.Cn1c2ccccc2c2c3ccccc3ccc21. The van der Waals surface area contributed by atoms with E-state index < -0.39 is 0 Å². The summed E-state index contributed by atoms with van der Waals surface area (Å²) in [5, 5.41) is 34.0. The van der Waals surface area contributed by atoms with Crippen LogP contribution in [0.1, 0.15) is 11.1 Å². The average Bonchev–Trinajstić information content (AvgIpc) is 1.58. The molecule has 534 valence electrons. The molecule has 6 heterocycles. The van der Waals surface area contributed by atoms with Crippen molar-refractivity contribution in [3.05, 3.63) is 375 Å². The molecule has 0 aliphatic carbocycles. The first-order valence-electron chi connectivity index (χ1n) is 38.5. The molecule has 25 aromatic rings. The molecule has 0 fully saturated rings. The van der Waals surface area contributed by atoms with Crippen molar-refractivity contribution < 1.29 is 8.83 Å². The summed E-state index contributed by atoms with van der Waals surface area (Å²) in [6.45, 7) is 4.17. The van der Waals surface area contributed by atoms with Gasteiger partial charge in [-0.1, -0.05) is 315 Å². The van der Waals surface area contributed by atoms with Gasteiger partial charge in [0.2, 0.25) is 0 Å². The number of aromatic nitrogens is 4. The van der Waals surface area contributed by atoms with Gasteiger partial charge >= 0.3 is 0 Å². The van der Waals surface area contributed by atoms with Crippen LogP contribution >= 0.6 is 0 Å². The Bertz CT molecular complexity index is 7790. The number of furan rings is 2. The number of para-hydroxylation sites is 4. The van der Waals surface area contributed by atoms with Gasteiger partial charge in [0.25, 0.3) is 0 Å². The average molecular weight is 1440 g/mol. The highest BCUT2D eigenvalue weighted by Crippen LogP contribution is 2.43. The Balaban J connectivity index is 0.0000000884. The van der Waals surface area contributed by atoms with Crippen molar-refractivity contribution in [3.63, 3.8) is 0 Å². The third-order valence-electron chi connectivity index (χ3n) is 23.3. The normalized spacial score (nSPS) is 11.7. The van der Waals surface area contributed by atoms with E-state index in [0.29, 0.717) is 0 Å². The van der Waals surface area contributed by atoms with Crippen molar-refractivity contribution in [1.29, 1.82) is 0 Å². The van der Waals surface area contributed by atoms with E-state index in [1.54, 1.807) is 0 Å². The van der Waals surface area contributed by atoms with Gasteiger partial charge in [0, 0.05) is 137 Å². The minimum Gasteiger partial charge on any atom is -0.456 e. The van der Waals surface area contributed by atoms with Gasteiger partial charge < -0.3 is 27.1 Å². The summed E-state index contributed by atoms with van der Waals surface area (Å²) >= 11 is 0. The van der Waals surface area contributed by atoms with Crippen LogP contribution in [-0.4, -0.2) is 18.3 Å².